The molecule has 1 aromatic heterocycles. The number of hydrogen-bond acceptors (Lipinski definition) is 3. The summed E-state index contributed by atoms with van der Waals surface area (Å²) in [4.78, 5) is 14.9. The second-order valence-electron chi connectivity index (χ2n) is 4.26. The van der Waals surface area contributed by atoms with Crippen molar-refractivity contribution in [2.45, 2.75) is 20.0 Å². The average molecular weight is 257 g/mol. The van der Waals surface area contributed by atoms with Gasteiger partial charge in [-0.25, -0.2) is 0 Å². The zero-order chi connectivity index (χ0) is 13.7. The van der Waals surface area contributed by atoms with E-state index in [1.54, 1.807) is 12.3 Å². The summed E-state index contributed by atoms with van der Waals surface area (Å²) in [5.41, 5.74) is 2.58. The molecule has 0 amide bonds. The first-order valence-corrected chi connectivity index (χ1v) is 5.99. The number of carboxylic acids is 1. The predicted molar refractivity (Wildman–Crippen MR) is 71.1 cm³/mol. The van der Waals surface area contributed by atoms with Crippen molar-refractivity contribution >= 4 is 5.97 Å². The molecule has 1 N–H and O–H groups in total. The van der Waals surface area contributed by atoms with E-state index in [1.165, 1.54) is 0 Å². The standard InChI is InChI=1S/C15H15NO3/c1-11-6-7-14(9-16-11)19-10-13-5-3-2-4-12(13)8-15(17)18/h2-7,9H,8,10H2,1H3,(H,17,18). The van der Waals surface area contributed by atoms with E-state index in [0.717, 1.165) is 16.8 Å². The lowest BCUT2D eigenvalue weighted by atomic mass is 10.1. The van der Waals surface area contributed by atoms with Crippen molar-refractivity contribution in [3.63, 3.8) is 0 Å². The third-order valence-electron chi connectivity index (χ3n) is 2.74. The number of carboxylic acid groups (broad SMARTS) is 1. The van der Waals surface area contributed by atoms with Crippen LogP contribution in [0.5, 0.6) is 5.75 Å². The first-order chi connectivity index (χ1) is 9.15. The minimum Gasteiger partial charge on any atom is -0.487 e. The molecule has 2 aromatic rings. The second kappa shape index (κ2) is 6.00. The lowest BCUT2D eigenvalue weighted by molar-refractivity contribution is -0.136. The van der Waals surface area contributed by atoms with Gasteiger partial charge in [-0.3, -0.25) is 9.78 Å². The van der Waals surface area contributed by atoms with Crippen molar-refractivity contribution in [1.29, 1.82) is 0 Å². The number of aryl methyl sites for hydroxylation is 1. The number of pyridine rings is 1. The fraction of sp³-hybridized carbons (Fsp3) is 0.200. The highest BCUT2D eigenvalue weighted by Gasteiger charge is 2.06. The normalized spacial score (nSPS) is 10.2. The summed E-state index contributed by atoms with van der Waals surface area (Å²) in [6.07, 6.45) is 1.67. The van der Waals surface area contributed by atoms with Crippen LogP contribution < -0.4 is 4.74 Å². The number of nitrogens with zero attached hydrogens (tertiary/aromatic N) is 1. The number of aromatic nitrogens is 1. The van der Waals surface area contributed by atoms with Crippen LogP contribution in [0.25, 0.3) is 0 Å². The van der Waals surface area contributed by atoms with Gasteiger partial charge in [0, 0.05) is 5.69 Å². The highest BCUT2D eigenvalue weighted by atomic mass is 16.5. The molecule has 1 heterocycles. The van der Waals surface area contributed by atoms with Crippen molar-refractivity contribution in [2.75, 3.05) is 0 Å². The first kappa shape index (κ1) is 13.1. The molecule has 0 aliphatic carbocycles. The molecule has 0 saturated carbocycles. The van der Waals surface area contributed by atoms with Crippen LogP contribution in [0.3, 0.4) is 0 Å². The van der Waals surface area contributed by atoms with Crippen molar-refractivity contribution in [3.8, 4) is 5.75 Å². The second-order valence-corrected chi connectivity index (χ2v) is 4.26. The van der Waals surface area contributed by atoms with Gasteiger partial charge in [0.05, 0.1) is 12.6 Å². The minimum absolute atomic E-state index is 0.00564. The maximum atomic E-state index is 10.8. The summed E-state index contributed by atoms with van der Waals surface area (Å²) < 4.78 is 5.61. The molecule has 0 aliphatic heterocycles. The molecule has 0 radical (unpaired) electrons. The summed E-state index contributed by atoms with van der Waals surface area (Å²) in [6, 6.07) is 11.1. The van der Waals surface area contributed by atoms with Gasteiger partial charge in [-0.15, -0.1) is 0 Å². The van der Waals surface area contributed by atoms with Crippen LogP contribution in [0, 0.1) is 6.92 Å². The van der Waals surface area contributed by atoms with E-state index in [1.807, 2.05) is 37.3 Å². The number of carbonyl (C=O) groups is 1. The summed E-state index contributed by atoms with van der Waals surface area (Å²) in [7, 11) is 0. The van der Waals surface area contributed by atoms with E-state index in [9.17, 15) is 4.79 Å². The van der Waals surface area contributed by atoms with E-state index in [4.69, 9.17) is 9.84 Å². The van der Waals surface area contributed by atoms with Crippen molar-refractivity contribution in [1.82, 2.24) is 4.98 Å². The summed E-state index contributed by atoms with van der Waals surface area (Å²) in [5.74, 6) is -0.166. The van der Waals surface area contributed by atoms with Gasteiger partial charge in [-0.05, 0) is 30.2 Å². The fourth-order valence-electron chi connectivity index (χ4n) is 1.73. The number of ether oxygens (including phenoxy) is 1. The maximum Gasteiger partial charge on any atom is 0.307 e. The SMILES string of the molecule is Cc1ccc(OCc2ccccc2CC(=O)O)cn1. The van der Waals surface area contributed by atoms with Crippen LogP contribution >= 0.6 is 0 Å². The van der Waals surface area contributed by atoms with Gasteiger partial charge in [0.15, 0.2) is 0 Å². The quantitative estimate of drug-likeness (QED) is 0.894. The molecule has 2 rings (SSSR count). The van der Waals surface area contributed by atoms with Gasteiger partial charge in [-0.1, -0.05) is 24.3 Å². The van der Waals surface area contributed by atoms with E-state index in [0.29, 0.717) is 12.4 Å². The zero-order valence-electron chi connectivity index (χ0n) is 10.7. The largest absolute Gasteiger partial charge is 0.487 e. The van der Waals surface area contributed by atoms with Gasteiger partial charge in [0.1, 0.15) is 12.4 Å². The Morgan fingerprint density at radius 3 is 2.58 bits per heavy atom. The third kappa shape index (κ3) is 3.81. The number of aliphatic carboxylic acids is 1. The fourth-order valence-corrected chi connectivity index (χ4v) is 1.73. The Kier molecular flexibility index (Phi) is 4.13. The molecule has 1 aromatic carbocycles. The van der Waals surface area contributed by atoms with Gasteiger partial charge in [-0.2, -0.15) is 0 Å². The van der Waals surface area contributed by atoms with Crippen LogP contribution in [0.2, 0.25) is 0 Å². The van der Waals surface area contributed by atoms with Gasteiger partial charge in [0.2, 0.25) is 0 Å². The molecular weight excluding hydrogens is 242 g/mol. The molecule has 0 spiro atoms. The molecule has 98 valence electrons. The summed E-state index contributed by atoms with van der Waals surface area (Å²) >= 11 is 0. The molecule has 0 atom stereocenters. The van der Waals surface area contributed by atoms with Crippen molar-refractivity contribution < 1.29 is 14.6 Å². The van der Waals surface area contributed by atoms with E-state index >= 15 is 0 Å². The Labute approximate surface area is 111 Å². The molecule has 19 heavy (non-hydrogen) atoms. The predicted octanol–water partition coefficient (Wildman–Crippen LogP) is 2.60. The molecule has 0 unspecified atom stereocenters. The van der Waals surface area contributed by atoms with E-state index in [-0.39, 0.29) is 6.42 Å². The molecular formula is C15H15NO3. The Balaban J connectivity index is 2.06. The molecule has 0 aliphatic rings. The number of rotatable bonds is 5. The Morgan fingerprint density at radius 2 is 1.95 bits per heavy atom. The van der Waals surface area contributed by atoms with Crippen LogP contribution in [-0.4, -0.2) is 16.1 Å². The van der Waals surface area contributed by atoms with E-state index in [2.05, 4.69) is 4.98 Å². The highest BCUT2D eigenvalue weighted by molar-refractivity contribution is 5.70. The lowest BCUT2D eigenvalue weighted by Crippen LogP contribution is -2.06. The molecule has 0 bridgehead atoms. The smallest absolute Gasteiger partial charge is 0.307 e. The van der Waals surface area contributed by atoms with E-state index < -0.39 is 5.97 Å². The maximum absolute atomic E-state index is 10.8. The monoisotopic (exact) mass is 257 g/mol. The van der Waals surface area contributed by atoms with Crippen molar-refractivity contribution in [2.24, 2.45) is 0 Å². The Morgan fingerprint density at radius 1 is 1.21 bits per heavy atom. The minimum atomic E-state index is -0.843. The highest BCUT2D eigenvalue weighted by Crippen LogP contribution is 2.15. The average Bonchev–Trinajstić information content (AvgIpc) is 2.39. The van der Waals surface area contributed by atoms with Crippen LogP contribution in [-0.2, 0) is 17.8 Å². The first-order valence-electron chi connectivity index (χ1n) is 5.99. The van der Waals surface area contributed by atoms with Crippen LogP contribution in [0.4, 0.5) is 0 Å². The molecule has 0 fully saturated rings. The molecule has 4 nitrogen and oxygen atoms in total. The van der Waals surface area contributed by atoms with Gasteiger partial charge >= 0.3 is 5.97 Å². The van der Waals surface area contributed by atoms with Crippen LogP contribution in [0.15, 0.2) is 42.6 Å². The number of benzene rings is 1. The molecule has 4 heteroatoms. The van der Waals surface area contributed by atoms with Crippen LogP contribution in [0.1, 0.15) is 16.8 Å². The summed E-state index contributed by atoms with van der Waals surface area (Å²) in [5, 5.41) is 8.86. The number of hydrogen-bond donors (Lipinski definition) is 1. The topological polar surface area (TPSA) is 59.4 Å². The third-order valence-corrected chi connectivity index (χ3v) is 2.74. The van der Waals surface area contributed by atoms with Crippen molar-refractivity contribution in [3.05, 3.63) is 59.4 Å². The molecule has 0 saturated heterocycles. The summed E-state index contributed by atoms with van der Waals surface area (Å²) in [6.45, 7) is 2.25. The lowest BCUT2D eigenvalue weighted by Gasteiger charge is -2.09. The zero-order valence-corrected chi connectivity index (χ0v) is 10.7. The van der Waals surface area contributed by atoms with Gasteiger partial charge in [0.25, 0.3) is 0 Å². The Hall–Kier alpha value is -2.36. The van der Waals surface area contributed by atoms with Gasteiger partial charge < -0.3 is 9.84 Å². The Bertz CT molecular complexity index is 564.